The zero-order valence-corrected chi connectivity index (χ0v) is 14.0. The minimum atomic E-state index is -0.570. The van der Waals surface area contributed by atoms with Crippen molar-refractivity contribution in [2.45, 2.75) is 26.3 Å². The van der Waals surface area contributed by atoms with E-state index in [9.17, 15) is 14.7 Å². The molecular weight excluding hydrogens is 306 g/mol. The smallest absolute Gasteiger partial charge is 0.343 e. The minimum absolute atomic E-state index is 0.0178. The molecule has 5 nitrogen and oxygen atoms in total. The molecule has 24 heavy (non-hydrogen) atoms. The van der Waals surface area contributed by atoms with E-state index in [0.717, 1.165) is 0 Å². The number of esters is 1. The summed E-state index contributed by atoms with van der Waals surface area (Å²) in [4.78, 5) is 24.1. The van der Waals surface area contributed by atoms with Gasteiger partial charge in [0, 0.05) is 11.1 Å². The summed E-state index contributed by atoms with van der Waals surface area (Å²) in [5.74, 6) is -0.953. The van der Waals surface area contributed by atoms with E-state index in [1.807, 2.05) is 20.8 Å². The molecule has 2 rings (SSSR count). The Hall–Kier alpha value is -2.66. The van der Waals surface area contributed by atoms with E-state index >= 15 is 0 Å². The lowest BCUT2D eigenvalue weighted by Crippen LogP contribution is -2.39. The summed E-state index contributed by atoms with van der Waals surface area (Å²) in [5, 5.41) is 13.1. The average molecular weight is 327 g/mol. The maximum atomic E-state index is 12.1. The van der Waals surface area contributed by atoms with Crippen molar-refractivity contribution >= 4 is 11.8 Å². The van der Waals surface area contributed by atoms with Crippen molar-refractivity contribution in [3.63, 3.8) is 0 Å². The molecule has 0 amide bonds. The van der Waals surface area contributed by atoms with E-state index in [0.29, 0.717) is 11.1 Å². The van der Waals surface area contributed by atoms with Crippen LogP contribution in [0.25, 0.3) is 0 Å². The molecule has 0 aromatic heterocycles. The monoisotopic (exact) mass is 327 g/mol. The van der Waals surface area contributed by atoms with Crippen LogP contribution >= 0.6 is 0 Å². The Morgan fingerprint density at radius 2 is 1.71 bits per heavy atom. The van der Waals surface area contributed by atoms with Crippen LogP contribution in [0.5, 0.6) is 11.5 Å². The van der Waals surface area contributed by atoms with Crippen LogP contribution in [0.3, 0.4) is 0 Å². The molecule has 0 radical (unpaired) electrons. The van der Waals surface area contributed by atoms with Gasteiger partial charge in [0.2, 0.25) is 0 Å². The Morgan fingerprint density at radius 3 is 2.29 bits per heavy atom. The number of hydrogen-bond acceptors (Lipinski definition) is 5. The fourth-order valence-electron chi connectivity index (χ4n) is 1.96. The lowest BCUT2D eigenvalue weighted by molar-refractivity contribution is 0.0729. The van der Waals surface area contributed by atoms with Gasteiger partial charge in [0.05, 0.1) is 12.1 Å². The van der Waals surface area contributed by atoms with Crippen LogP contribution in [-0.2, 0) is 0 Å². The molecule has 0 aliphatic carbocycles. The number of rotatable bonds is 5. The molecule has 0 bridgehead atoms. The average Bonchev–Trinajstić information content (AvgIpc) is 2.54. The predicted molar refractivity (Wildman–Crippen MR) is 91.6 cm³/mol. The first-order valence-corrected chi connectivity index (χ1v) is 7.65. The minimum Gasteiger partial charge on any atom is -0.504 e. The lowest BCUT2D eigenvalue weighted by atomic mass is 10.1. The molecule has 126 valence electrons. The Balaban J connectivity index is 2.07. The number of carbonyl (C=O) groups is 2. The van der Waals surface area contributed by atoms with E-state index in [-0.39, 0.29) is 29.4 Å². The van der Waals surface area contributed by atoms with Crippen molar-refractivity contribution < 1.29 is 19.4 Å². The van der Waals surface area contributed by atoms with Gasteiger partial charge in [0.1, 0.15) is 0 Å². The van der Waals surface area contributed by atoms with Gasteiger partial charge in [0.15, 0.2) is 17.3 Å². The summed E-state index contributed by atoms with van der Waals surface area (Å²) in [7, 11) is 0. The molecule has 0 unspecified atom stereocenters. The van der Waals surface area contributed by atoms with Crippen LogP contribution in [0.15, 0.2) is 48.5 Å². The van der Waals surface area contributed by atoms with Gasteiger partial charge in [-0.05, 0) is 51.1 Å². The summed E-state index contributed by atoms with van der Waals surface area (Å²) < 4.78 is 5.16. The molecule has 5 heteroatoms. The molecule has 0 atom stereocenters. The number of hydrogen-bond donors (Lipinski definition) is 2. The van der Waals surface area contributed by atoms with Crippen molar-refractivity contribution in [3.05, 3.63) is 59.7 Å². The number of phenols is 1. The van der Waals surface area contributed by atoms with Gasteiger partial charge >= 0.3 is 5.97 Å². The van der Waals surface area contributed by atoms with Crippen LogP contribution in [-0.4, -0.2) is 28.9 Å². The van der Waals surface area contributed by atoms with Gasteiger partial charge in [-0.15, -0.1) is 0 Å². The normalized spacial score (nSPS) is 11.1. The van der Waals surface area contributed by atoms with E-state index in [4.69, 9.17) is 4.74 Å². The van der Waals surface area contributed by atoms with Crippen LogP contribution in [0.4, 0.5) is 0 Å². The molecule has 0 fully saturated rings. The molecule has 0 aliphatic rings. The lowest BCUT2D eigenvalue weighted by Gasteiger charge is -2.19. The molecule has 0 spiro atoms. The van der Waals surface area contributed by atoms with E-state index in [1.54, 1.807) is 30.3 Å². The van der Waals surface area contributed by atoms with Crippen LogP contribution < -0.4 is 10.1 Å². The third kappa shape index (κ3) is 4.93. The zero-order chi connectivity index (χ0) is 17.7. The predicted octanol–water partition coefficient (Wildman–Crippen LogP) is 3.18. The number of ketones is 1. The molecule has 0 heterocycles. The third-order valence-electron chi connectivity index (χ3n) is 3.27. The second-order valence-corrected chi connectivity index (χ2v) is 6.46. The SMILES string of the molecule is CC(C)(C)NCC(=O)c1ccc(OC(=O)c2ccccc2)c(O)c1. The van der Waals surface area contributed by atoms with Crippen molar-refractivity contribution in [2.75, 3.05) is 6.54 Å². The van der Waals surface area contributed by atoms with E-state index in [1.165, 1.54) is 18.2 Å². The van der Waals surface area contributed by atoms with Crippen molar-refractivity contribution in [1.82, 2.24) is 5.32 Å². The molecule has 0 saturated heterocycles. The first-order chi connectivity index (χ1) is 11.3. The number of carbonyl (C=O) groups excluding carboxylic acids is 2. The Kier molecular flexibility index (Phi) is 5.36. The van der Waals surface area contributed by atoms with E-state index in [2.05, 4.69) is 5.32 Å². The Morgan fingerprint density at radius 1 is 1.04 bits per heavy atom. The highest BCUT2D eigenvalue weighted by Gasteiger charge is 2.16. The van der Waals surface area contributed by atoms with Crippen LogP contribution in [0.1, 0.15) is 41.5 Å². The number of aromatic hydroxyl groups is 1. The summed E-state index contributed by atoms with van der Waals surface area (Å²) in [6, 6.07) is 12.7. The maximum Gasteiger partial charge on any atom is 0.343 e. The summed E-state index contributed by atoms with van der Waals surface area (Å²) >= 11 is 0. The van der Waals surface area contributed by atoms with Gasteiger partial charge < -0.3 is 15.2 Å². The Labute approximate surface area is 141 Å². The first-order valence-electron chi connectivity index (χ1n) is 7.65. The van der Waals surface area contributed by atoms with Crippen molar-refractivity contribution in [3.8, 4) is 11.5 Å². The van der Waals surface area contributed by atoms with E-state index < -0.39 is 5.97 Å². The topological polar surface area (TPSA) is 75.6 Å². The zero-order valence-electron chi connectivity index (χ0n) is 14.0. The molecule has 0 saturated carbocycles. The molecule has 2 N–H and O–H groups in total. The number of ether oxygens (including phenoxy) is 1. The summed E-state index contributed by atoms with van der Waals surface area (Å²) in [6.45, 7) is 6.05. The number of nitrogens with one attached hydrogen (secondary N) is 1. The standard InChI is InChI=1S/C19H21NO4/c1-19(2,3)20-12-16(22)14-9-10-17(15(21)11-14)24-18(23)13-7-5-4-6-8-13/h4-11,20-21H,12H2,1-3H3. The second kappa shape index (κ2) is 7.27. The maximum absolute atomic E-state index is 12.1. The summed E-state index contributed by atoms with van der Waals surface area (Å²) in [5.41, 5.74) is 0.554. The fraction of sp³-hybridized carbons (Fsp3) is 0.263. The van der Waals surface area contributed by atoms with Gasteiger partial charge in [-0.1, -0.05) is 18.2 Å². The summed E-state index contributed by atoms with van der Waals surface area (Å²) in [6.07, 6.45) is 0. The van der Waals surface area contributed by atoms with Gasteiger partial charge in [0.25, 0.3) is 0 Å². The number of Topliss-reactive ketones (excluding diaryl/α,β-unsaturated/α-hetero) is 1. The molecule has 2 aromatic carbocycles. The van der Waals surface area contributed by atoms with Gasteiger partial charge in [-0.3, -0.25) is 4.79 Å². The molecular formula is C19H21NO4. The fourth-order valence-corrected chi connectivity index (χ4v) is 1.96. The van der Waals surface area contributed by atoms with Crippen molar-refractivity contribution in [2.24, 2.45) is 0 Å². The van der Waals surface area contributed by atoms with Gasteiger partial charge in [-0.2, -0.15) is 0 Å². The van der Waals surface area contributed by atoms with Crippen LogP contribution in [0, 0.1) is 0 Å². The largest absolute Gasteiger partial charge is 0.504 e. The first kappa shape index (κ1) is 17.7. The third-order valence-corrected chi connectivity index (χ3v) is 3.27. The second-order valence-electron chi connectivity index (χ2n) is 6.46. The number of benzene rings is 2. The van der Waals surface area contributed by atoms with Crippen LogP contribution in [0.2, 0.25) is 0 Å². The Bertz CT molecular complexity index is 733. The van der Waals surface area contributed by atoms with Crippen molar-refractivity contribution in [1.29, 1.82) is 0 Å². The van der Waals surface area contributed by atoms with Gasteiger partial charge in [-0.25, -0.2) is 4.79 Å². The number of phenolic OH excluding ortho intramolecular Hbond substituents is 1. The highest BCUT2D eigenvalue weighted by Crippen LogP contribution is 2.27. The quantitative estimate of drug-likeness (QED) is 0.501. The molecule has 2 aromatic rings. The highest BCUT2D eigenvalue weighted by molar-refractivity contribution is 5.98. The highest BCUT2D eigenvalue weighted by atomic mass is 16.5. The molecule has 0 aliphatic heterocycles.